The Kier molecular flexibility index (Phi) is 4.63. The summed E-state index contributed by atoms with van der Waals surface area (Å²) < 4.78 is 5.54. The van der Waals surface area contributed by atoms with Gasteiger partial charge in [-0.3, -0.25) is 9.69 Å². The van der Waals surface area contributed by atoms with Crippen molar-refractivity contribution in [2.75, 3.05) is 50.8 Å². The van der Waals surface area contributed by atoms with E-state index in [1.54, 1.807) is 0 Å². The molecule has 1 N–H and O–H groups in total. The van der Waals surface area contributed by atoms with Gasteiger partial charge in [-0.1, -0.05) is 23.7 Å². The first-order chi connectivity index (χ1) is 10.2. The van der Waals surface area contributed by atoms with E-state index in [-0.39, 0.29) is 18.6 Å². The topological polar surface area (TPSA) is 44.8 Å². The Bertz CT molecular complexity index is 493. The number of rotatable bonds is 3. The molecule has 0 aliphatic carbocycles. The van der Waals surface area contributed by atoms with Crippen LogP contribution in [0.3, 0.4) is 0 Å². The molecule has 2 aliphatic rings. The molecule has 1 amide bonds. The fraction of sp³-hybridized carbons (Fsp3) is 0.533. The van der Waals surface area contributed by atoms with Gasteiger partial charge in [-0.2, -0.15) is 0 Å². The summed E-state index contributed by atoms with van der Waals surface area (Å²) in [5.74, 6) is -0.0187. The quantitative estimate of drug-likeness (QED) is 0.904. The van der Waals surface area contributed by atoms with Gasteiger partial charge in [-0.15, -0.1) is 0 Å². The van der Waals surface area contributed by atoms with Crippen LogP contribution in [0.25, 0.3) is 0 Å². The van der Waals surface area contributed by atoms with Gasteiger partial charge in [-0.05, 0) is 12.1 Å². The molecular weight excluding hydrogens is 290 g/mol. The number of carbonyl (C=O) groups excluding carboxylic acids is 1. The van der Waals surface area contributed by atoms with E-state index in [2.05, 4.69) is 21.2 Å². The second-order valence-electron chi connectivity index (χ2n) is 5.48. The largest absolute Gasteiger partial charge is 0.368 e. The van der Waals surface area contributed by atoms with Crippen LogP contribution >= 0.6 is 11.6 Å². The van der Waals surface area contributed by atoms with Crippen molar-refractivity contribution in [3.05, 3.63) is 29.3 Å². The second-order valence-corrected chi connectivity index (χ2v) is 5.88. The minimum Gasteiger partial charge on any atom is -0.368 e. The minimum absolute atomic E-state index is 0.0187. The Hall–Kier alpha value is -1.30. The first-order valence-corrected chi connectivity index (χ1v) is 7.70. The van der Waals surface area contributed by atoms with Crippen LogP contribution < -0.4 is 10.2 Å². The third kappa shape index (κ3) is 3.67. The number of morpholine rings is 1. The van der Waals surface area contributed by atoms with E-state index in [0.29, 0.717) is 6.54 Å². The maximum Gasteiger partial charge on any atom is 0.246 e. The molecule has 21 heavy (non-hydrogen) atoms. The van der Waals surface area contributed by atoms with E-state index >= 15 is 0 Å². The predicted molar refractivity (Wildman–Crippen MR) is 82.9 cm³/mol. The lowest BCUT2D eigenvalue weighted by molar-refractivity contribution is -0.133. The van der Waals surface area contributed by atoms with Crippen molar-refractivity contribution in [2.45, 2.75) is 6.10 Å². The van der Waals surface area contributed by atoms with Gasteiger partial charge in [-0.25, -0.2) is 0 Å². The highest BCUT2D eigenvalue weighted by molar-refractivity contribution is 6.33. The molecule has 2 saturated heterocycles. The van der Waals surface area contributed by atoms with E-state index in [9.17, 15) is 4.79 Å². The number of piperazine rings is 1. The van der Waals surface area contributed by atoms with Crippen LogP contribution in [0.1, 0.15) is 0 Å². The number of amides is 1. The molecule has 2 heterocycles. The Labute approximate surface area is 129 Å². The molecule has 5 nitrogen and oxygen atoms in total. The zero-order chi connectivity index (χ0) is 14.7. The molecule has 114 valence electrons. The smallest absolute Gasteiger partial charge is 0.246 e. The van der Waals surface area contributed by atoms with Gasteiger partial charge in [0.05, 0.1) is 16.8 Å². The molecule has 3 rings (SSSR count). The summed E-state index contributed by atoms with van der Waals surface area (Å²) in [5.41, 5.74) is 1.11. The summed E-state index contributed by atoms with van der Waals surface area (Å²) >= 11 is 6.25. The SMILES string of the molecule is O=C1COC(CN2CCN(c3ccccc3Cl)CC2)CN1. The zero-order valence-electron chi connectivity index (χ0n) is 11.9. The van der Waals surface area contributed by atoms with Crippen LogP contribution in [0.2, 0.25) is 5.02 Å². The van der Waals surface area contributed by atoms with E-state index in [0.717, 1.165) is 43.4 Å². The molecule has 0 spiro atoms. The van der Waals surface area contributed by atoms with Crippen molar-refractivity contribution in [1.82, 2.24) is 10.2 Å². The van der Waals surface area contributed by atoms with E-state index in [4.69, 9.17) is 16.3 Å². The van der Waals surface area contributed by atoms with Crippen molar-refractivity contribution in [3.63, 3.8) is 0 Å². The van der Waals surface area contributed by atoms with Crippen LogP contribution in [-0.4, -0.2) is 62.8 Å². The van der Waals surface area contributed by atoms with Crippen molar-refractivity contribution in [3.8, 4) is 0 Å². The normalized spacial score (nSPS) is 24.0. The van der Waals surface area contributed by atoms with Crippen molar-refractivity contribution in [1.29, 1.82) is 0 Å². The van der Waals surface area contributed by atoms with E-state index < -0.39 is 0 Å². The fourth-order valence-electron chi connectivity index (χ4n) is 2.82. The number of hydrogen-bond donors (Lipinski definition) is 1. The third-order valence-electron chi connectivity index (χ3n) is 4.00. The van der Waals surface area contributed by atoms with Crippen LogP contribution in [0.5, 0.6) is 0 Å². The first-order valence-electron chi connectivity index (χ1n) is 7.32. The van der Waals surface area contributed by atoms with Crippen molar-refractivity contribution in [2.24, 2.45) is 0 Å². The Balaban J connectivity index is 1.49. The Morgan fingerprint density at radius 3 is 2.67 bits per heavy atom. The standard InChI is InChI=1S/C15H20ClN3O2/c16-13-3-1-2-4-14(13)19-7-5-18(6-8-19)10-12-9-17-15(20)11-21-12/h1-4,12H,5-11H2,(H,17,20). The summed E-state index contributed by atoms with van der Waals surface area (Å²) in [6, 6.07) is 7.97. The first kappa shape index (κ1) is 14.6. The lowest BCUT2D eigenvalue weighted by atomic mass is 10.2. The van der Waals surface area contributed by atoms with Crippen LogP contribution in [0.15, 0.2) is 24.3 Å². The second kappa shape index (κ2) is 6.64. The van der Waals surface area contributed by atoms with Crippen molar-refractivity contribution < 1.29 is 9.53 Å². The predicted octanol–water partition coefficient (Wildman–Crippen LogP) is 0.977. The number of ether oxygens (including phenoxy) is 1. The van der Waals surface area contributed by atoms with Gasteiger partial charge in [0.2, 0.25) is 5.91 Å². The molecule has 1 aromatic rings. The monoisotopic (exact) mass is 309 g/mol. The van der Waals surface area contributed by atoms with E-state index in [1.165, 1.54) is 0 Å². The van der Waals surface area contributed by atoms with Crippen LogP contribution in [0.4, 0.5) is 5.69 Å². The number of nitrogens with zero attached hydrogens (tertiary/aromatic N) is 2. The zero-order valence-corrected chi connectivity index (χ0v) is 12.7. The lowest BCUT2D eigenvalue weighted by Crippen LogP contribution is -2.53. The molecule has 0 bridgehead atoms. The molecule has 0 radical (unpaired) electrons. The molecule has 2 fully saturated rings. The summed E-state index contributed by atoms with van der Waals surface area (Å²) in [6.45, 7) is 5.56. The molecule has 1 atom stereocenters. The van der Waals surface area contributed by atoms with Crippen molar-refractivity contribution >= 4 is 23.2 Å². The molecule has 1 aromatic carbocycles. The maximum atomic E-state index is 11.1. The van der Waals surface area contributed by atoms with Gasteiger partial charge < -0.3 is 15.0 Å². The molecule has 6 heteroatoms. The number of halogens is 1. The Morgan fingerprint density at radius 1 is 1.24 bits per heavy atom. The Morgan fingerprint density at radius 2 is 2.00 bits per heavy atom. The fourth-order valence-corrected chi connectivity index (χ4v) is 3.07. The minimum atomic E-state index is -0.0187. The summed E-state index contributed by atoms with van der Waals surface area (Å²) in [4.78, 5) is 15.8. The molecular formula is C15H20ClN3O2. The number of hydrogen-bond acceptors (Lipinski definition) is 4. The number of benzene rings is 1. The summed E-state index contributed by atoms with van der Waals surface area (Å²) in [5, 5.41) is 3.65. The number of nitrogens with one attached hydrogen (secondary N) is 1. The third-order valence-corrected chi connectivity index (χ3v) is 4.32. The number of carbonyl (C=O) groups is 1. The van der Waals surface area contributed by atoms with Crippen LogP contribution in [0, 0.1) is 0 Å². The summed E-state index contributed by atoms with van der Waals surface area (Å²) in [6.07, 6.45) is 0.106. The molecule has 2 aliphatic heterocycles. The molecule has 0 aromatic heterocycles. The van der Waals surface area contributed by atoms with Gasteiger partial charge in [0.25, 0.3) is 0 Å². The maximum absolute atomic E-state index is 11.1. The van der Waals surface area contributed by atoms with E-state index in [1.807, 2.05) is 18.2 Å². The highest BCUT2D eigenvalue weighted by Gasteiger charge is 2.24. The van der Waals surface area contributed by atoms with Gasteiger partial charge in [0.1, 0.15) is 6.61 Å². The average Bonchev–Trinajstić information content (AvgIpc) is 2.51. The number of anilines is 1. The van der Waals surface area contributed by atoms with Gasteiger partial charge in [0, 0.05) is 39.3 Å². The number of para-hydroxylation sites is 1. The van der Waals surface area contributed by atoms with Gasteiger partial charge in [0.15, 0.2) is 0 Å². The molecule has 0 saturated carbocycles. The average molecular weight is 310 g/mol. The summed E-state index contributed by atoms with van der Waals surface area (Å²) in [7, 11) is 0. The highest BCUT2D eigenvalue weighted by atomic mass is 35.5. The van der Waals surface area contributed by atoms with Crippen LogP contribution in [-0.2, 0) is 9.53 Å². The van der Waals surface area contributed by atoms with Gasteiger partial charge >= 0.3 is 0 Å². The lowest BCUT2D eigenvalue weighted by Gasteiger charge is -2.38. The molecule has 1 unspecified atom stereocenters. The highest BCUT2D eigenvalue weighted by Crippen LogP contribution is 2.26.